The Balaban J connectivity index is 1.85. The Morgan fingerprint density at radius 3 is 2.54 bits per heavy atom. The molecule has 0 atom stereocenters. The predicted octanol–water partition coefficient (Wildman–Crippen LogP) is 2.16. The Labute approximate surface area is 159 Å². The molecule has 10 heteroatoms. The number of hydrogen-bond acceptors (Lipinski definition) is 7. The van der Waals surface area contributed by atoms with Crippen LogP contribution in [0.25, 0.3) is 22.2 Å². The van der Waals surface area contributed by atoms with E-state index in [4.69, 9.17) is 0 Å². The Morgan fingerprint density at radius 1 is 1.14 bits per heavy atom. The monoisotopic (exact) mass is 396 g/mol. The largest absolute Gasteiger partial charge is 0.339 e. The quantitative estimate of drug-likeness (QED) is 0.481. The molecule has 0 unspecified atom stereocenters. The van der Waals surface area contributed by atoms with Crippen molar-refractivity contribution in [2.24, 2.45) is 0 Å². The van der Waals surface area contributed by atoms with Crippen LogP contribution in [0.1, 0.15) is 5.69 Å². The molecule has 0 spiro atoms. The van der Waals surface area contributed by atoms with Crippen LogP contribution in [-0.2, 0) is 9.84 Å². The van der Waals surface area contributed by atoms with Crippen molar-refractivity contribution >= 4 is 32.2 Å². The summed E-state index contributed by atoms with van der Waals surface area (Å²) in [6.07, 6.45) is 4.13. The van der Waals surface area contributed by atoms with Gasteiger partial charge in [0, 0.05) is 23.2 Å². The lowest BCUT2D eigenvalue weighted by molar-refractivity contribution is 0.602. The van der Waals surface area contributed by atoms with Crippen LogP contribution in [0.5, 0.6) is 0 Å². The van der Waals surface area contributed by atoms with E-state index in [2.05, 4.69) is 30.5 Å². The van der Waals surface area contributed by atoms with Crippen molar-refractivity contribution in [2.75, 3.05) is 11.6 Å². The van der Waals surface area contributed by atoms with Gasteiger partial charge in [-0.25, -0.2) is 18.4 Å². The van der Waals surface area contributed by atoms with Crippen molar-refractivity contribution in [1.29, 1.82) is 0 Å². The first-order valence-electron chi connectivity index (χ1n) is 8.29. The van der Waals surface area contributed by atoms with Crippen LogP contribution in [0.15, 0.2) is 52.5 Å². The molecule has 142 valence electrons. The third kappa shape index (κ3) is 3.25. The molecule has 0 saturated heterocycles. The zero-order valence-corrected chi connectivity index (χ0v) is 15.8. The average molecular weight is 396 g/mol. The van der Waals surface area contributed by atoms with Crippen LogP contribution in [0.4, 0.5) is 11.5 Å². The van der Waals surface area contributed by atoms with Gasteiger partial charge in [-0.05, 0) is 37.3 Å². The van der Waals surface area contributed by atoms with E-state index in [1.165, 1.54) is 18.5 Å². The summed E-state index contributed by atoms with van der Waals surface area (Å²) in [5.41, 5.74) is 2.96. The molecular formula is C18H16N6O3S. The Morgan fingerprint density at radius 2 is 1.89 bits per heavy atom. The fraction of sp³-hybridized carbons (Fsp3) is 0.111. The molecule has 0 aliphatic heterocycles. The number of hydrogen-bond donors (Lipinski definition) is 3. The molecular weight excluding hydrogens is 380 g/mol. The number of aromatic nitrogens is 5. The van der Waals surface area contributed by atoms with Gasteiger partial charge in [-0.2, -0.15) is 5.10 Å². The van der Waals surface area contributed by atoms with Gasteiger partial charge in [0.1, 0.15) is 11.2 Å². The Hall–Kier alpha value is -3.53. The highest BCUT2D eigenvalue weighted by Crippen LogP contribution is 2.28. The molecule has 0 radical (unpaired) electrons. The van der Waals surface area contributed by atoms with Gasteiger partial charge in [0.05, 0.1) is 28.6 Å². The number of aryl methyl sites for hydroxylation is 1. The fourth-order valence-electron chi connectivity index (χ4n) is 2.85. The van der Waals surface area contributed by atoms with Crippen molar-refractivity contribution in [2.45, 2.75) is 11.8 Å². The van der Waals surface area contributed by atoms with Crippen molar-refractivity contribution in [3.05, 3.63) is 58.9 Å². The van der Waals surface area contributed by atoms with Gasteiger partial charge in [0.25, 0.3) is 5.56 Å². The second-order valence-electron chi connectivity index (χ2n) is 6.31. The van der Waals surface area contributed by atoms with Crippen LogP contribution in [0.2, 0.25) is 0 Å². The second-order valence-corrected chi connectivity index (χ2v) is 8.33. The summed E-state index contributed by atoms with van der Waals surface area (Å²) in [4.78, 5) is 24.0. The van der Waals surface area contributed by atoms with Gasteiger partial charge in [0.2, 0.25) is 0 Å². The molecule has 4 rings (SSSR count). The van der Waals surface area contributed by atoms with E-state index in [0.717, 1.165) is 17.5 Å². The maximum atomic E-state index is 12.4. The molecule has 0 fully saturated rings. The minimum Gasteiger partial charge on any atom is -0.339 e. The van der Waals surface area contributed by atoms with E-state index in [0.29, 0.717) is 28.1 Å². The lowest BCUT2D eigenvalue weighted by Crippen LogP contribution is -2.10. The van der Waals surface area contributed by atoms with E-state index >= 15 is 0 Å². The maximum absolute atomic E-state index is 12.4. The molecule has 0 aliphatic rings. The average Bonchev–Trinajstić information content (AvgIpc) is 3.07. The predicted molar refractivity (Wildman–Crippen MR) is 105 cm³/mol. The summed E-state index contributed by atoms with van der Waals surface area (Å²) in [7, 11) is -3.29. The number of benzene rings is 1. The lowest BCUT2D eigenvalue weighted by atomic mass is 10.1. The topological polar surface area (TPSA) is 133 Å². The van der Waals surface area contributed by atoms with Gasteiger partial charge in [0.15, 0.2) is 9.84 Å². The number of nitrogens with zero attached hydrogens (tertiary/aromatic N) is 3. The maximum Gasteiger partial charge on any atom is 0.262 e. The highest BCUT2D eigenvalue weighted by atomic mass is 32.2. The first kappa shape index (κ1) is 17.9. The van der Waals surface area contributed by atoms with Crippen molar-refractivity contribution in [3.63, 3.8) is 0 Å². The van der Waals surface area contributed by atoms with Gasteiger partial charge in [-0.15, -0.1) is 0 Å². The smallest absolute Gasteiger partial charge is 0.262 e. The number of rotatable bonds is 4. The second kappa shape index (κ2) is 6.57. The minimum atomic E-state index is -3.29. The zero-order chi connectivity index (χ0) is 19.9. The molecule has 0 aliphatic carbocycles. The van der Waals surface area contributed by atoms with Crippen LogP contribution in [0.3, 0.4) is 0 Å². The molecule has 9 nitrogen and oxygen atoms in total. The molecule has 3 aromatic heterocycles. The van der Waals surface area contributed by atoms with Crippen LogP contribution < -0.4 is 10.9 Å². The molecule has 0 saturated carbocycles. The van der Waals surface area contributed by atoms with Gasteiger partial charge < -0.3 is 10.3 Å². The standard InChI is InChI=1S/C18H16N6O3S/c1-10-13(8-21-24-10)14-7-15-16(18(25)20-9-19-15)17(23-14)22-11-3-5-12(6-4-11)28(2,26)27/h3-9H,1-2H3,(H,21,24)(H,22,23)(H,19,20,25). The number of aromatic amines is 2. The third-order valence-corrected chi connectivity index (χ3v) is 5.40. The number of nitrogens with one attached hydrogen (secondary N) is 3. The molecule has 4 aromatic rings. The summed E-state index contributed by atoms with van der Waals surface area (Å²) >= 11 is 0. The first-order valence-corrected chi connectivity index (χ1v) is 10.2. The van der Waals surface area contributed by atoms with Crippen LogP contribution >= 0.6 is 0 Å². The van der Waals surface area contributed by atoms with Crippen molar-refractivity contribution in [3.8, 4) is 11.3 Å². The summed E-state index contributed by atoms with van der Waals surface area (Å²) < 4.78 is 23.3. The van der Waals surface area contributed by atoms with Gasteiger partial charge in [-0.3, -0.25) is 9.89 Å². The highest BCUT2D eigenvalue weighted by Gasteiger charge is 2.15. The first-order chi connectivity index (χ1) is 13.3. The summed E-state index contributed by atoms with van der Waals surface area (Å²) in [5, 5.41) is 10.3. The zero-order valence-electron chi connectivity index (χ0n) is 15.0. The number of pyridine rings is 1. The van der Waals surface area contributed by atoms with Crippen molar-refractivity contribution in [1.82, 2.24) is 25.1 Å². The van der Waals surface area contributed by atoms with Gasteiger partial charge >= 0.3 is 0 Å². The SMILES string of the molecule is Cc1[nH]ncc1-c1cc2nc[nH]c(=O)c2c(Nc2ccc(S(C)(=O)=O)cc2)n1. The Bertz CT molecular complexity index is 1340. The molecule has 28 heavy (non-hydrogen) atoms. The van der Waals surface area contributed by atoms with E-state index in [9.17, 15) is 13.2 Å². The third-order valence-electron chi connectivity index (χ3n) is 4.28. The highest BCUT2D eigenvalue weighted by molar-refractivity contribution is 7.90. The fourth-order valence-corrected chi connectivity index (χ4v) is 3.48. The number of fused-ring (bicyclic) bond motifs is 1. The summed E-state index contributed by atoms with van der Waals surface area (Å²) in [5.74, 6) is 0.314. The van der Waals surface area contributed by atoms with E-state index < -0.39 is 9.84 Å². The van der Waals surface area contributed by atoms with Crippen LogP contribution in [0, 0.1) is 6.92 Å². The summed E-state index contributed by atoms with van der Waals surface area (Å²) in [6.45, 7) is 1.87. The van der Waals surface area contributed by atoms with E-state index in [1.807, 2.05) is 6.92 Å². The van der Waals surface area contributed by atoms with Crippen LogP contribution in [-0.4, -0.2) is 39.8 Å². The number of anilines is 2. The Kier molecular flexibility index (Phi) is 4.19. The lowest BCUT2D eigenvalue weighted by Gasteiger charge is -2.11. The minimum absolute atomic E-state index is 0.207. The summed E-state index contributed by atoms with van der Waals surface area (Å²) in [6, 6.07) is 7.94. The van der Waals surface area contributed by atoms with Crippen molar-refractivity contribution < 1.29 is 8.42 Å². The molecule has 1 aromatic carbocycles. The van der Waals surface area contributed by atoms with E-state index in [-0.39, 0.29) is 10.5 Å². The molecule has 3 N–H and O–H groups in total. The van der Waals surface area contributed by atoms with E-state index in [1.54, 1.807) is 24.4 Å². The number of H-pyrrole nitrogens is 2. The number of sulfone groups is 1. The molecule has 0 amide bonds. The normalized spacial score (nSPS) is 11.6. The molecule has 0 bridgehead atoms. The van der Waals surface area contributed by atoms with Gasteiger partial charge in [-0.1, -0.05) is 0 Å². The molecule has 3 heterocycles.